The third-order valence-electron chi connectivity index (χ3n) is 5.02. The predicted molar refractivity (Wildman–Crippen MR) is 111 cm³/mol. The number of hydrogen-bond donors (Lipinski definition) is 1. The van der Waals surface area contributed by atoms with Gasteiger partial charge in [-0.15, -0.1) is 0 Å². The number of rotatable bonds is 8. The van der Waals surface area contributed by atoms with E-state index >= 15 is 0 Å². The molecule has 0 saturated carbocycles. The van der Waals surface area contributed by atoms with E-state index in [9.17, 15) is 4.79 Å². The van der Waals surface area contributed by atoms with Crippen molar-refractivity contribution in [3.05, 3.63) is 59.7 Å². The molecule has 1 N–H and O–H groups in total. The van der Waals surface area contributed by atoms with E-state index in [-0.39, 0.29) is 12.5 Å². The van der Waals surface area contributed by atoms with Gasteiger partial charge in [0, 0.05) is 5.56 Å². The van der Waals surface area contributed by atoms with E-state index in [1.54, 1.807) is 20.4 Å². The summed E-state index contributed by atoms with van der Waals surface area (Å²) in [5, 5.41) is 3.89. The van der Waals surface area contributed by atoms with Crippen molar-refractivity contribution in [2.45, 2.75) is 6.54 Å². The molecule has 1 fully saturated rings. The van der Waals surface area contributed by atoms with Gasteiger partial charge in [0.2, 0.25) is 0 Å². The van der Waals surface area contributed by atoms with E-state index in [4.69, 9.17) is 14.3 Å². The van der Waals surface area contributed by atoms with Gasteiger partial charge in [0.25, 0.3) is 5.91 Å². The maximum Gasteiger partial charge on any atom is 0.263 e. The molecule has 1 aliphatic heterocycles. The van der Waals surface area contributed by atoms with E-state index in [1.807, 2.05) is 41.3 Å². The number of piperazine rings is 1. The van der Waals surface area contributed by atoms with Crippen molar-refractivity contribution in [2.24, 2.45) is 5.16 Å². The lowest BCUT2D eigenvalue weighted by Gasteiger charge is -2.32. The van der Waals surface area contributed by atoms with Crippen LogP contribution in [0.5, 0.6) is 11.5 Å². The van der Waals surface area contributed by atoms with Crippen LogP contribution in [0.1, 0.15) is 11.1 Å². The van der Waals surface area contributed by atoms with Crippen molar-refractivity contribution in [3.8, 4) is 11.5 Å². The van der Waals surface area contributed by atoms with E-state index in [0.717, 1.165) is 49.8 Å². The molecule has 2 aromatic rings. The zero-order valence-corrected chi connectivity index (χ0v) is 17.0. The van der Waals surface area contributed by atoms with Crippen LogP contribution >= 0.6 is 0 Å². The van der Waals surface area contributed by atoms with Gasteiger partial charge in [0.05, 0.1) is 46.6 Å². The minimum Gasteiger partial charge on any atom is -0.497 e. The van der Waals surface area contributed by atoms with Crippen LogP contribution in [0, 0.1) is 0 Å². The lowest BCUT2D eigenvalue weighted by molar-refractivity contribution is -0.917. The minimum absolute atomic E-state index is 0.0274. The zero-order chi connectivity index (χ0) is 20.5. The Morgan fingerprint density at radius 1 is 1.00 bits per heavy atom. The van der Waals surface area contributed by atoms with E-state index in [2.05, 4.69) is 17.3 Å². The fraction of sp³-hybridized carbons (Fsp3) is 0.364. The SMILES string of the molecule is COc1ccc(/C=N\OCC(=O)N2CC[NH+](Cc3ccc(OC)cc3)CC2)cc1. The van der Waals surface area contributed by atoms with Gasteiger partial charge in [-0.2, -0.15) is 0 Å². The number of carbonyl (C=O) groups is 1. The maximum absolute atomic E-state index is 12.3. The summed E-state index contributed by atoms with van der Waals surface area (Å²) in [5.74, 6) is 1.63. The summed E-state index contributed by atoms with van der Waals surface area (Å²) in [7, 11) is 3.29. The second kappa shape index (κ2) is 10.5. The topological polar surface area (TPSA) is 64.8 Å². The fourth-order valence-electron chi connectivity index (χ4n) is 3.25. The molecule has 0 unspecified atom stereocenters. The highest BCUT2D eigenvalue weighted by Gasteiger charge is 2.24. The summed E-state index contributed by atoms with van der Waals surface area (Å²) < 4.78 is 10.3. The molecular weight excluding hydrogens is 370 g/mol. The highest BCUT2D eigenvalue weighted by atomic mass is 16.6. The number of methoxy groups -OCH3 is 2. The normalized spacial score (nSPS) is 14.8. The van der Waals surface area contributed by atoms with Gasteiger partial charge >= 0.3 is 0 Å². The fourth-order valence-corrected chi connectivity index (χ4v) is 3.25. The Morgan fingerprint density at radius 2 is 1.59 bits per heavy atom. The molecule has 7 nitrogen and oxygen atoms in total. The molecule has 1 aliphatic rings. The van der Waals surface area contributed by atoms with Crippen molar-refractivity contribution < 1.29 is 24.0 Å². The highest BCUT2D eigenvalue weighted by molar-refractivity contribution is 5.80. The molecule has 0 bridgehead atoms. The summed E-state index contributed by atoms with van der Waals surface area (Å²) in [5.41, 5.74) is 2.16. The molecule has 1 saturated heterocycles. The minimum atomic E-state index is -0.0412. The van der Waals surface area contributed by atoms with Crippen molar-refractivity contribution in [2.75, 3.05) is 47.0 Å². The Balaban J connectivity index is 1.37. The molecule has 1 heterocycles. The monoisotopic (exact) mass is 398 g/mol. The molecule has 0 aliphatic carbocycles. The number of nitrogens with one attached hydrogen (secondary N) is 1. The first kappa shape index (κ1) is 20.7. The van der Waals surface area contributed by atoms with Gasteiger partial charge in [-0.05, 0) is 54.1 Å². The van der Waals surface area contributed by atoms with Crippen LogP contribution in [0.3, 0.4) is 0 Å². The average Bonchev–Trinajstić information content (AvgIpc) is 2.78. The number of nitrogens with zero attached hydrogens (tertiary/aromatic N) is 2. The first-order chi connectivity index (χ1) is 14.2. The van der Waals surface area contributed by atoms with Crippen LogP contribution in [0.25, 0.3) is 0 Å². The Kier molecular flexibility index (Phi) is 7.47. The van der Waals surface area contributed by atoms with Crippen molar-refractivity contribution >= 4 is 12.1 Å². The second-order valence-electron chi connectivity index (χ2n) is 6.94. The molecular formula is C22H28N3O4+. The van der Waals surface area contributed by atoms with Crippen LogP contribution in [0.15, 0.2) is 53.7 Å². The smallest absolute Gasteiger partial charge is 0.263 e. The summed E-state index contributed by atoms with van der Waals surface area (Å²) in [6, 6.07) is 15.6. The number of amides is 1. The Labute approximate surface area is 171 Å². The molecule has 29 heavy (non-hydrogen) atoms. The van der Waals surface area contributed by atoms with E-state index in [0.29, 0.717) is 0 Å². The number of ether oxygens (including phenoxy) is 2. The van der Waals surface area contributed by atoms with Crippen LogP contribution in [0.4, 0.5) is 0 Å². The first-order valence-electron chi connectivity index (χ1n) is 9.71. The lowest BCUT2D eigenvalue weighted by atomic mass is 10.2. The number of oxime groups is 1. The molecule has 2 aromatic carbocycles. The summed E-state index contributed by atoms with van der Waals surface area (Å²) in [4.78, 5) is 20.8. The van der Waals surface area contributed by atoms with Crippen LogP contribution in [0.2, 0.25) is 0 Å². The van der Waals surface area contributed by atoms with Crippen molar-refractivity contribution in [1.29, 1.82) is 0 Å². The largest absolute Gasteiger partial charge is 0.497 e. The molecule has 0 spiro atoms. The maximum atomic E-state index is 12.3. The number of hydrogen-bond acceptors (Lipinski definition) is 5. The van der Waals surface area contributed by atoms with Crippen molar-refractivity contribution in [1.82, 2.24) is 4.90 Å². The van der Waals surface area contributed by atoms with Gasteiger partial charge < -0.3 is 24.1 Å². The number of carbonyl (C=O) groups excluding carboxylic acids is 1. The summed E-state index contributed by atoms with van der Waals surface area (Å²) in [6.07, 6.45) is 1.59. The average molecular weight is 398 g/mol. The summed E-state index contributed by atoms with van der Waals surface area (Å²) >= 11 is 0. The molecule has 7 heteroatoms. The third-order valence-corrected chi connectivity index (χ3v) is 5.02. The van der Waals surface area contributed by atoms with Crippen LogP contribution in [-0.4, -0.2) is 64.0 Å². The van der Waals surface area contributed by atoms with Gasteiger partial charge in [0.1, 0.15) is 18.0 Å². The number of quaternary nitrogens is 1. The molecule has 0 atom stereocenters. The van der Waals surface area contributed by atoms with E-state index in [1.165, 1.54) is 10.5 Å². The Morgan fingerprint density at radius 3 is 2.17 bits per heavy atom. The second-order valence-corrected chi connectivity index (χ2v) is 6.94. The standard InChI is InChI=1S/C22H27N3O4/c1-27-20-7-3-18(4-8-20)15-23-29-17-22(26)25-13-11-24(12-14-25)16-19-5-9-21(28-2)10-6-19/h3-10,15H,11-14,16-17H2,1-2H3/p+1/b23-15-. The summed E-state index contributed by atoms with van der Waals surface area (Å²) in [6.45, 7) is 4.22. The molecule has 0 radical (unpaired) electrons. The molecule has 154 valence electrons. The van der Waals surface area contributed by atoms with Crippen LogP contribution in [-0.2, 0) is 16.2 Å². The molecule has 0 aromatic heterocycles. The highest BCUT2D eigenvalue weighted by Crippen LogP contribution is 2.11. The third kappa shape index (κ3) is 6.22. The molecule has 1 amide bonds. The predicted octanol–water partition coefficient (Wildman–Crippen LogP) is 0.982. The quantitative estimate of drug-likeness (QED) is 0.532. The lowest BCUT2D eigenvalue weighted by Crippen LogP contribution is -3.13. The Hall–Kier alpha value is -3.06. The molecule has 3 rings (SSSR count). The van der Waals surface area contributed by atoms with Gasteiger partial charge in [0.15, 0.2) is 6.61 Å². The van der Waals surface area contributed by atoms with Gasteiger partial charge in [-0.1, -0.05) is 5.16 Å². The van der Waals surface area contributed by atoms with Gasteiger partial charge in [-0.25, -0.2) is 0 Å². The van der Waals surface area contributed by atoms with Crippen LogP contribution < -0.4 is 14.4 Å². The Bertz CT molecular complexity index is 798. The van der Waals surface area contributed by atoms with Gasteiger partial charge in [-0.3, -0.25) is 4.79 Å². The zero-order valence-electron chi connectivity index (χ0n) is 17.0. The van der Waals surface area contributed by atoms with Crippen molar-refractivity contribution in [3.63, 3.8) is 0 Å². The van der Waals surface area contributed by atoms with E-state index < -0.39 is 0 Å². The number of benzene rings is 2. The first-order valence-corrected chi connectivity index (χ1v) is 9.71.